The van der Waals surface area contributed by atoms with Crippen molar-refractivity contribution in [2.75, 3.05) is 0 Å². The van der Waals surface area contributed by atoms with Crippen molar-refractivity contribution in [1.82, 2.24) is 4.90 Å². The van der Waals surface area contributed by atoms with Crippen LogP contribution in [0.5, 0.6) is 0 Å². The number of carbonyl (C=O) groups is 3. The van der Waals surface area contributed by atoms with Gasteiger partial charge in [-0.25, -0.2) is 4.79 Å². The molecule has 0 unspecified atom stereocenters. The minimum absolute atomic E-state index is 0.0567. The third kappa shape index (κ3) is 2.61. The SMILES string of the molecule is O=C(O)[C@H]1CCC(=O)N1C(=O)[C@@H](Cl)c1ccccc1. The molecule has 2 atom stereocenters. The smallest absolute Gasteiger partial charge is 0.326 e. The first kappa shape index (κ1) is 13.5. The number of carboxylic acid groups (broad SMARTS) is 1. The fourth-order valence-electron chi connectivity index (χ4n) is 2.08. The van der Waals surface area contributed by atoms with Gasteiger partial charge in [-0.05, 0) is 12.0 Å². The Morgan fingerprint density at radius 3 is 2.53 bits per heavy atom. The zero-order chi connectivity index (χ0) is 14.0. The van der Waals surface area contributed by atoms with Crippen LogP contribution in [-0.2, 0) is 14.4 Å². The molecule has 1 heterocycles. The highest BCUT2D eigenvalue weighted by Gasteiger charge is 2.42. The van der Waals surface area contributed by atoms with Gasteiger partial charge in [0.1, 0.15) is 11.4 Å². The highest BCUT2D eigenvalue weighted by Crippen LogP contribution is 2.28. The number of aliphatic carboxylic acids is 1. The van der Waals surface area contributed by atoms with Gasteiger partial charge < -0.3 is 5.11 Å². The Bertz CT molecular complexity index is 517. The third-order valence-corrected chi connectivity index (χ3v) is 3.48. The van der Waals surface area contributed by atoms with Gasteiger partial charge in [-0.3, -0.25) is 14.5 Å². The Morgan fingerprint density at radius 2 is 1.95 bits per heavy atom. The normalized spacial score (nSPS) is 20.4. The Morgan fingerprint density at radius 1 is 1.32 bits per heavy atom. The van der Waals surface area contributed by atoms with Crippen LogP contribution in [0.1, 0.15) is 23.8 Å². The summed E-state index contributed by atoms with van der Waals surface area (Å²) < 4.78 is 0. The summed E-state index contributed by atoms with van der Waals surface area (Å²) in [4.78, 5) is 35.6. The number of nitrogens with zero attached hydrogens (tertiary/aromatic N) is 1. The standard InChI is InChI=1S/C13H12ClNO4/c14-11(8-4-2-1-3-5-8)12(17)15-9(13(18)19)6-7-10(15)16/h1-5,9,11H,6-7H2,(H,18,19)/t9-,11+/m1/s1. The molecule has 1 N–H and O–H groups in total. The fraction of sp³-hybridized carbons (Fsp3) is 0.308. The van der Waals surface area contributed by atoms with Gasteiger partial charge in [-0.15, -0.1) is 11.6 Å². The van der Waals surface area contributed by atoms with Gasteiger partial charge in [0.25, 0.3) is 5.91 Å². The zero-order valence-corrected chi connectivity index (χ0v) is 10.7. The molecule has 2 rings (SSSR count). The molecular formula is C13H12ClNO4. The minimum Gasteiger partial charge on any atom is -0.480 e. The fourth-order valence-corrected chi connectivity index (χ4v) is 2.33. The van der Waals surface area contributed by atoms with Gasteiger partial charge in [-0.2, -0.15) is 0 Å². The number of likely N-dealkylation sites (tertiary alicyclic amines) is 1. The molecule has 0 radical (unpaired) electrons. The highest BCUT2D eigenvalue weighted by molar-refractivity contribution is 6.32. The highest BCUT2D eigenvalue weighted by atomic mass is 35.5. The molecule has 1 aromatic rings. The van der Waals surface area contributed by atoms with Crippen molar-refractivity contribution >= 4 is 29.4 Å². The first-order valence-corrected chi connectivity index (χ1v) is 6.23. The van der Waals surface area contributed by atoms with E-state index in [1.807, 2.05) is 0 Å². The second-order valence-electron chi connectivity index (χ2n) is 4.27. The van der Waals surface area contributed by atoms with Crippen LogP contribution >= 0.6 is 11.6 Å². The van der Waals surface area contributed by atoms with Crippen LogP contribution in [0.25, 0.3) is 0 Å². The van der Waals surface area contributed by atoms with Gasteiger partial charge in [0.05, 0.1) is 0 Å². The van der Waals surface area contributed by atoms with E-state index in [0.29, 0.717) is 5.56 Å². The summed E-state index contributed by atoms with van der Waals surface area (Å²) in [6.45, 7) is 0. The Kier molecular flexibility index (Phi) is 3.85. The molecule has 1 aromatic carbocycles. The molecule has 1 saturated heterocycles. The zero-order valence-electron chi connectivity index (χ0n) is 9.95. The van der Waals surface area contributed by atoms with Gasteiger partial charge >= 0.3 is 5.97 Å². The van der Waals surface area contributed by atoms with Crippen molar-refractivity contribution in [2.24, 2.45) is 0 Å². The first-order chi connectivity index (χ1) is 9.02. The molecule has 1 aliphatic heterocycles. The van der Waals surface area contributed by atoms with Crippen molar-refractivity contribution in [3.05, 3.63) is 35.9 Å². The lowest BCUT2D eigenvalue weighted by Crippen LogP contribution is -2.44. The number of alkyl halides is 1. The second-order valence-corrected chi connectivity index (χ2v) is 4.70. The lowest BCUT2D eigenvalue weighted by atomic mass is 10.1. The van der Waals surface area contributed by atoms with E-state index in [1.165, 1.54) is 0 Å². The Labute approximate surface area is 114 Å². The molecule has 1 fully saturated rings. The number of carbonyl (C=O) groups excluding carboxylic acids is 2. The van der Waals surface area contributed by atoms with Crippen molar-refractivity contribution < 1.29 is 19.5 Å². The van der Waals surface area contributed by atoms with Crippen molar-refractivity contribution in [3.8, 4) is 0 Å². The molecule has 100 valence electrons. The Balaban J connectivity index is 2.23. The van der Waals surface area contributed by atoms with Gasteiger partial charge in [0, 0.05) is 6.42 Å². The number of carboxylic acids is 1. The predicted octanol–water partition coefficient (Wildman–Crippen LogP) is 1.57. The number of hydrogen-bond donors (Lipinski definition) is 1. The average Bonchev–Trinajstić information content (AvgIpc) is 2.80. The van der Waals surface area contributed by atoms with Crippen LogP contribution in [0.3, 0.4) is 0 Å². The topological polar surface area (TPSA) is 74.7 Å². The second kappa shape index (κ2) is 5.40. The van der Waals surface area contributed by atoms with E-state index in [1.54, 1.807) is 30.3 Å². The summed E-state index contributed by atoms with van der Waals surface area (Å²) in [5.74, 6) is -2.35. The van der Waals surface area contributed by atoms with E-state index < -0.39 is 29.2 Å². The Hall–Kier alpha value is -1.88. The molecule has 2 amide bonds. The van der Waals surface area contributed by atoms with Crippen LogP contribution < -0.4 is 0 Å². The molecule has 19 heavy (non-hydrogen) atoms. The average molecular weight is 282 g/mol. The van der Waals surface area contributed by atoms with E-state index in [-0.39, 0.29) is 12.8 Å². The molecule has 0 spiro atoms. The van der Waals surface area contributed by atoms with Crippen LogP contribution in [0, 0.1) is 0 Å². The van der Waals surface area contributed by atoms with Gasteiger partial charge in [0.15, 0.2) is 0 Å². The van der Waals surface area contributed by atoms with Crippen LogP contribution in [0.2, 0.25) is 0 Å². The summed E-state index contributed by atoms with van der Waals surface area (Å²) in [7, 11) is 0. The summed E-state index contributed by atoms with van der Waals surface area (Å²) in [6.07, 6.45) is 0.194. The molecule has 6 heteroatoms. The lowest BCUT2D eigenvalue weighted by Gasteiger charge is -2.22. The lowest BCUT2D eigenvalue weighted by molar-refractivity contribution is -0.153. The molecule has 1 aliphatic rings. The molecule has 0 aromatic heterocycles. The number of amides is 2. The van der Waals surface area contributed by atoms with Crippen molar-refractivity contribution in [3.63, 3.8) is 0 Å². The summed E-state index contributed by atoms with van der Waals surface area (Å²) in [5.41, 5.74) is 0.540. The maximum absolute atomic E-state index is 12.2. The number of hydrogen-bond acceptors (Lipinski definition) is 3. The number of benzene rings is 1. The van der Waals surface area contributed by atoms with Gasteiger partial charge in [0.2, 0.25) is 5.91 Å². The maximum atomic E-state index is 12.2. The summed E-state index contributed by atoms with van der Waals surface area (Å²) in [6, 6.07) is 7.43. The van der Waals surface area contributed by atoms with Crippen molar-refractivity contribution in [1.29, 1.82) is 0 Å². The quantitative estimate of drug-likeness (QED) is 0.854. The molecule has 5 nitrogen and oxygen atoms in total. The largest absolute Gasteiger partial charge is 0.480 e. The van der Waals surface area contributed by atoms with Crippen LogP contribution in [0.15, 0.2) is 30.3 Å². The number of rotatable bonds is 3. The van der Waals surface area contributed by atoms with E-state index in [9.17, 15) is 14.4 Å². The monoisotopic (exact) mass is 281 g/mol. The number of imide groups is 1. The van der Waals surface area contributed by atoms with Crippen LogP contribution in [0.4, 0.5) is 0 Å². The minimum atomic E-state index is -1.18. The molecule has 0 bridgehead atoms. The number of halogens is 1. The van der Waals surface area contributed by atoms with Gasteiger partial charge in [-0.1, -0.05) is 30.3 Å². The molecule has 0 saturated carbocycles. The summed E-state index contributed by atoms with van der Waals surface area (Å²) >= 11 is 6.04. The molecular weight excluding hydrogens is 270 g/mol. The van der Waals surface area contributed by atoms with E-state index >= 15 is 0 Å². The molecule has 0 aliphatic carbocycles. The van der Waals surface area contributed by atoms with E-state index in [0.717, 1.165) is 4.90 Å². The third-order valence-electron chi connectivity index (χ3n) is 3.04. The first-order valence-electron chi connectivity index (χ1n) is 5.80. The maximum Gasteiger partial charge on any atom is 0.326 e. The van der Waals surface area contributed by atoms with E-state index in [2.05, 4.69) is 0 Å². The summed E-state index contributed by atoms with van der Waals surface area (Å²) in [5, 5.41) is 7.96. The predicted molar refractivity (Wildman–Crippen MR) is 67.5 cm³/mol. The van der Waals surface area contributed by atoms with E-state index in [4.69, 9.17) is 16.7 Å². The van der Waals surface area contributed by atoms with Crippen LogP contribution in [-0.4, -0.2) is 33.8 Å². The van der Waals surface area contributed by atoms with Crippen molar-refractivity contribution in [2.45, 2.75) is 24.3 Å².